The van der Waals surface area contributed by atoms with E-state index in [1.165, 1.54) is 0 Å². The van der Waals surface area contributed by atoms with E-state index in [9.17, 15) is 14.4 Å². The molecule has 84 valence electrons. The van der Waals surface area contributed by atoms with Gasteiger partial charge in [0.05, 0.1) is 0 Å². The number of amides is 2. The molecule has 0 aliphatic carbocycles. The normalized spacial score (nSPS) is 12.3. The molecule has 1 atom stereocenters. The number of rotatable bonds is 6. The molecule has 7 heteroatoms. The van der Waals surface area contributed by atoms with E-state index >= 15 is 0 Å². The maximum atomic E-state index is 10.9. The zero-order valence-electron chi connectivity index (χ0n) is 7.97. The summed E-state index contributed by atoms with van der Waals surface area (Å²) in [6, 6.07) is -1.01. The molecule has 0 fully saturated rings. The molecule has 0 radical (unpaired) electrons. The minimum atomic E-state index is -1.13. The van der Waals surface area contributed by atoms with Crippen LogP contribution in [0.3, 0.4) is 0 Å². The standard InChI is InChI=1S/C8H13N3O4/c9-5(8(14)15)3-4-11-7(13)2-1-6(10)12/h1-2,5H,3-4,9H2,(H2,10,12)(H,11,13)(H,14,15)/b2-1+/t5-/m0/s1. The van der Waals surface area contributed by atoms with Gasteiger partial charge in [-0.1, -0.05) is 0 Å². The zero-order valence-corrected chi connectivity index (χ0v) is 7.97. The minimum Gasteiger partial charge on any atom is -0.480 e. The quantitative estimate of drug-likeness (QED) is 0.378. The molecular weight excluding hydrogens is 202 g/mol. The Balaban J connectivity index is 3.73. The number of hydrogen-bond acceptors (Lipinski definition) is 4. The lowest BCUT2D eigenvalue weighted by Crippen LogP contribution is -2.35. The summed E-state index contributed by atoms with van der Waals surface area (Å²) < 4.78 is 0. The maximum absolute atomic E-state index is 10.9. The first-order valence-corrected chi connectivity index (χ1v) is 4.17. The minimum absolute atomic E-state index is 0.117. The Morgan fingerprint density at radius 2 is 1.93 bits per heavy atom. The van der Waals surface area contributed by atoms with Crippen LogP contribution >= 0.6 is 0 Å². The van der Waals surface area contributed by atoms with Crippen LogP contribution in [0.4, 0.5) is 0 Å². The monoisotopic (exact) mass is 215 g/mol. The fourth-order valence-electron chi connectivity index (χ4n) is 0.691. The van der Waals surface area contributed by atoms with Gasteiger partial charge >= 0.3 is 5.97 Å². The van der Waals surface area contributed by atoms with Gasteiger partial charge in [0.15, 0.2) is 0 Å². The second-order valence-corrected chi connectivity index (χ2v) is 2.76. The first kappa shape index (κ1) is 13.1. The molecule has 0 aliphatic rings. The second kappa shape index (κ2) is 6.55. The van der Waals surface area contributed by atoms with Crippen LogP contribution in [-0.4, -0.2) is 35.5 Å². The number of nitrogens with one attached hydrogen (secondary N) is 1. The molecule has 6 N–H and O–H groups in total. The lowest BCUT2D eigenvalue weighted by molar-refractivity contribution is -0.138. The van der Waals surface area contributed by atoms with E-state index in [-0.39, 0.29) is 13.0 Å². The third-order valence-electron chi connectivity index (χ3n) is 1.47. The van der Waals surface area contributed by atoms with Crippen LogP contribution in [0.5, 0.6) is 0 Å². The van der Waals surface area contributed by atoms with Crippen molar-refractivity contribution in [3.63, 3.8) is 0 Å². The van der Waals surface area contributed by atoms with Crippen LogP contribution in [0.15, 0.2) is 12.2 Å². The Hall–Kier alpha value is -1.89. The molecule has 0 aromatic carbocycles. The highest BCUT2D eigenvalue weighted by atomic mass is 16.4. The van der Waals surface area contributed by atoms with Gasteiger partial charge in [-0.3, -0.25) is 14.4 Å². The molecular formula is C8H13N3O4. The van der Waals surface area contributed by atoms with Gasteiger partial charge in [-0.2, -0.15) is 0 Å². The van der Waals surface area contributed by atoms with Crippen molar-refractivity contribution >= 4 is 17.8 Å². The number of carbonyl (C=O) groups excluding carboxylic acids is 2. The molecule has 0 saturated carbocycles. The Labute approximate surface area is 86.1 Å². The summed E-state index contributed by atoms with van der Waals surface area (Å²) in [5.74, 6) is -2.38. The fourth-order valence-corrected chi connectivity index (χ4v) is 0.691. The second-order valence-electron chi connectivity index (χ2n) is 2.76. The first-order valence-electron chi connectivity index (χ1n) is 4.17. The average molecular weight is 215 g/mol. The van der Waals surface area contributed by atoms with Gasteiger partial charge in [0, 0.05) is 18.7 Å². The predicted molar refractivity (Wildman–Crippen MR) is 51.6 cm³/mol. The van der Waals surface area contributed by atoms with E-state index in [1.54, 1.807) is 0 Å². The van der Waals surface area contributed by atoms with E-state index in [0.29, 0.717) is 0 Å². The summed E-state index contributed by atoms with van der Waals surface area (Å²) in [6.07, 6.45) is 1.99. The molecule has 15 heavy (non-hydrogen) atoms. The van der Waals surface area contributed by atoms with Crippen LogP contribution in [0.25, 0.3) is 0 Å². The fraction of sp³-hybridized carbons (Fsp3) is 0.375. The van der Waals surface area contributed by atoms with E-state index in [4.69, 9.17) is 16.6 Å². The molecule has 0 aromatic heterocycles. The summed E-state index contributed by atoms with van der Waals surface area (Å²) in [5, 5.41) is 10.8. The summed E-state index contributed by atoms with van der Waals surface area (Å²) in [4.78, 5) is 31.4. The van der Waals surface area contributed by atoms with Crippen molar-refractivity contribution in [1.29, 1.82) is 0 Å². The highest BCUT2D eigenvalue weighted by Crippen LogP contribution is 1.86. The molecule has 2 amide bonds. The number of carboxylic acid groups (broad SMARTS) is 1. The van der Waals surface area contributed by atoms with E-state index < -0.39 is 23.8 Å². The van der Waals surface area contributed by atoms with Crippen molar-refractivity contribution in [3.05, 3.63) is 12.2 Å². The molecule has 0 spiro atoms. The van der Waals surface area contributed by atoms with Crippen molar-refractivity contribution in [2.45, 2.75) is 12.5 Å². The van der Waals surface area contributed by atoms with E-state index in [1.807, 2.05) is 0 Å². The highest BCUT2D eigenvalue weighted by Gasteiger charge is 2.10. The van der Waals surface area contributed by atoms with Gasteiger partial charge in [-0.15, -0.1) is 0 Å². The van der Waals surface area contributed by atoms with Crippen LogP contribution in [0.1, 0.15) is 6.42 Å². The van der Waals surface area contributed by atoms with Crippen LogP contribution in [0.2, 0.25) is 0 Å². The molecule has 0 heterocycles. The first-order chi connectivity index (χ1) is 6.93. The molecule has 0 aliphatic heterocycles. The summed E-state index contributed by atoms with van der Waals surface area (Å²) in [7, 11) is 0. The summed E-state index contributed by atoms with van der Waals surface area (Å²) in [5.41, 5.74) is 9.94. The number of nitrogens with two attached hydrogens (primary N) is 2. The average Bonchev–Trinajstić information content (AvgIpc) is 2.14. The predicted octanol–water partition coefficient (Wildman–Crippen LogP) is -2.05. The van der Waals surface area contributed by atoms with Crippen molar-refractivity contribution in [3.8, 4) is 0 Å². The lowest BCUT2D eigenvalue weighted by atomic mass is 10.2. The van der Waals surface area contributed by atoms with Gasteiger partial charge in [-0.05, 0) is 6.42 Å². The smallest absolute Gasteiger partial charge is 0.320 e. The van der Waals surface area contributed by atoms with Crippen LogP contribution in [-0.2, 0) is 14.4 Å². The van der Waals surface area contributed by atoms with Gasteiger partial charge in [0.1, 0.15) is 6.04 Å². The number of carboxylic acids is 1. The molecule has 0 saturated heterocycles. The molecule has 0 unspecified atom stereocenters. The Bertz CT molecular complexity index is 288. The molecule has 0 bridgehead atoms. The van der Waals surface area contributed by atoms with Crippen molar-refractivity contribution < 1.29 is 19.5 Å². The van der Waals surface area contributed by atoms with Crippen molar-refractivity contribution in [2.24, 2.45) is 11.5 Å². The topological polar surface area (TPSA) is 136 Å². The molecule has 0 aromatic rings. The van der Waals surface area contributed by atoms with Gasteiger partial charge in [0.2, 0.25) is 11.8 Å². The van der Waals surface area contributed by atoms with Crippen LogP contribution < -0.4 is 16.8 Å². The number of primary amides is 1. The van der Waals surface area contributed by atoms with Gasteiger partial charge < -0.3 is 21.9 Å². The Morgan fingerprint density at radius 1 is 1.33 bits per heavy atom. The largest absolute Gasteiger partial charge is 0.480 e. The van der Waals surface area contributed by atoms with E-state index in [2.05, 4.69) is 5.32 Å². The number of carbonyl (C=O) groups is 3. The third kappa shape index (κ3) is 7.20. The van der Waals surface area contributed by atoms with Crippen molar-refractivity contribution in [2.75, 3.05) is 6.54 Å². The number of hydrogen-bond donors (Lipinski definition) is 4. The Kier molecular flexibility index (Phi) is 5.72. The lowest BCUT2D eigenvalue weighted by Gasteiger charge is -2.05. The zero-order chi connectivity index (χ0) is 11.8. The van der Waals surface area contributed by atoms with E-state index in [0.717, 1.165) is 12.2 Å². The SMILES string of the molecule is NC(=O)/C=C/C(=O)NCC[C@H](N)C(=O)O. The Morgan fingerprint density at radius 3 is 2.40 bits per heavy atom. The molecule has 0 rings (SSSR count). The van der Waals surface area contributed by atoms with Crippen LogP contribution in [0, 0.1) is 0 Å². The molecule has 7 nitrogen and oxygen atoms in total. The van der Waals surface area contributed by atoms with Gasteiger partial charge in [-0.25, -0.2) is 0 Å². The van der Waals surface area contributed by atoms with Crippen molar-refractivity contribution in [1.82, 2.24) is 5.32 Å². The number of aliphatic carboxylic acids is 1. The van der Waals surface area contributed by atoms with Gasteiger partial charge in [0.25, 0.3) is 0 Å². The third-order valence-corrected chi connectivity index (χ3v) is 1.47. The summed E-state index contributed by atoms with van der Waals surface area (Å²) in [6.45, 7) is 0.120. The maximum Gasteiger partial charge on any atom is 0.320 e. The highest BCUT2D eigenvalue weighted by molar-refractivity contribution is 5.95. The summed E-state index contributed by atoms with van der Waals surface area (Å²) >= 11 is 0.